The molecule has 0 aliphatic carbocycles. The number of halogens is 1. The van der Waals surface area contributed by atoms with Crippen LogP contribution in [-0.4, -0.2) is 19.2 Å². The number of aryl methyl sites for hydroxylation is 1. The molecule has 0 aromatic heterocycles. The van der Waals surface area contributed by atoms with Gasteiger partial charge in [-0.1, -0.05) is 24.1 Å². The van der Waals surface area contributed by atoms with Gasteiger partial charge < -0.3 is 10.1 Å². The molecule has 1 aliphatic rings. The monoisotopic (exact) mass is 253 g/mol. The first kappa shape index (κ1) is 12.7. The maximum absolute atomic E-state index is 6.11. The van der Waals surface area contributed by atoms with Crippen molar-refractivity contribution in [3.8, 4) is 5.75 Å². The highest BCUT2D eigenvalue weighted by molar-refractivity contribution is 6.32. The number of piperidine rings is 1. The lowest BCUT2D eigenvalue weighted by Gasteiger charge is -2.23. The van der Waals surface area contributed by atoms with E-state index < -0.39 is 0 Å². The van der Waals surface area contributed by atoms with Crippen molar-refractivity contribution in [3.63, 3.8) is 0 Å². The molecule has 17 heavy (non-hydrogen) atoms. The van der Waals surface area contributed by atoms with Crippen LogP contribution in [0, 0.1) is 6.92 Å². The minimum absolute atomic E-state index is 0.618. The van der Waals surface area contributed by atoms with Crippen molar-refractivity contribution < 1.29 is 4.74 Å². The highest BCUT2D eigenvalue weighted by Crippen LogP contribution is 2.25. The summed E-state index contributed by atoms with van der Waals surface area (Å²) in [6, 6.07) is 6.54. The van der Waals surface area contributed by atoms with Crippen molar-refractivity contribution in [3.05, 3.63) is 28.8 Å². The first-order chi connectivity index (χ1) is 8.25. The number of rotatable bonds is 4. The summed E-state index contributed by atoms with van der Waals surface area (Å²) in [5, 5.41) is 4.23. The average molecular weight is 254 g/mol. The predicted molar refractivity (Wildman–Crippen MR) is 71.9 cm³/mol. The van der Waals surface area contributed by atoms with Crippen LogP contribution in [0.5, 0.6) is 5.75 Å². The van der Waals surface area contributed by atoms with Gasteiger partial charge in [0.05, 0.1) is 11.6 Å². The number of hydrogen-bond acceptors (Lipinski definition) is 2. The average Bonchev–Trinajstić information content (AvgIpc) is 2.33. The maximum atomic E-state index is 6.11. The van der Waals surface area contributed by atoms with Crippen LogP contribution in [0.25, 0.3) is 0 Å². The van der Waals surface area contributed by atoms with Gasteiger partial charge in [-0.05, 0) is 50.4 Å². The lowest BCUT2D eigenvalue weighted by atomic mass is 10.0. The normalized spacial score (nSPS) is 20.2. The van der Waals surface area contributed by atoms with Crippen LogP contribution in [0.2, 0.25) is 5.02 Å². The van der Waals surface area contributed by atoms with E-state index in [0.29, 0.717) is 11.1 Å². The Balaban J connectivity index is 1.77. The molecule has 1 aromatic carbocycles. The summed E-state index contributed by atoms with van der Waals surface area (Å²) < 4.78 is 5.72. The quantitative estimate of drug-likeness (QED) is 0.886. The molecule has 0 amide bonds. The summed E-state index contributed by atoms with van der Waals surface area (Å²) in [7, 11) is 0. The maximum Gasteiger partial charge on any atom is 0.137 e. The van der Waals surface area contributed by atoms with E-state index in [1.807, 2.05) is 25.1 Å². The Labute approximate surface area is 108 Å². The second-order valence-electron chi connectivity index (χ2n) is 4.72. The van der Waals surface area contributed by atoms with E-state index in [0.717, 1.165) is 30.9 Å². The van der Waals surface area contributed by atoms with Crippen LogP contribution in [0.1, 0.15) is 31.2 Å². The first-order valence-electron chi connectivity index (χ1n) is 6.38. The molecule has 1 heterocycles. The molecular formula is C14H20ClNO. The van der Waals surface area contributed by atoms with Gasteiger partial charge in [-0.25, -0.2) is 0 Å². The Hall–Kier alpha value is -0.730. The summed E-state index contributed by atoms with van der Waals surface area (Å²) in [6.07, 6.45) is 4.97. The Morgan fingerprint density at radius 3 is 3.00 bits per heavy atom. The Kier molecular flexibility index (Phi) is 4.69. The fourth-order valence-corrected chi connectivity index (χ4v) is 2.49. The fourth-order valence-electron chi connectivity index (χ4n) is 2.20. The van der Waals surface area contributed by atoms with Crippen LogP contribution >= 0.6 is 11.6 Å². The lowest BCUT2D eigenvalue weighted by Crippen LogP contribution is -2.35. The molecule has 1 aromatic rings. The summed E-state index contributed by atoms with van der Waals surface area (Å²) in [4.78, 5) is 0. The number of benzene rings is 1. The highest BCUT2D eigenvalue weighted by atomic mass is 35.5. The van der Waals surface area contributed by atoms with Crippen LogP contribution in [0.3, 0.4) is 0 Å². The van der Waals surface area contributed by atoms with E-state index >= 15 is 0 Å². The van der Waals surface area contributed by atoms with Crippen molar-refractivity contribution in [2.45, 2.75) is 38.6 Å². The zero-order valence-electron chi connectivity index (χ0n) is 10.3. The predicted octanol–water partition coefficient (Wildman–Crippen LogP) is 3.56. The third-order valence-corrected chi connectivity index (χ3v) is 3.52. The molecule has 1 saturated heterocycles. The van der Waals surface area contributed by atoms with Crippen molar-refractivity contribution in [1.82, 2.24) is 5.32 Å². The summed E-state index contributed by atoms with van der Waals surface area (Å²) in [5.74, 6) is 0.799. The van der Waals surface area contributed by atoms with Gasteiger partial charge in [-0.3, -0.25) is 0 Å². The molecule has 1 aliphatic heterocycles. The van der Waals surface area contributed by atoms with E-state index in [2.05, 4.69) is 5.32 Å². The second-order valence-corrected chi connectivity index (χ2v) is 5.13. The van der Waals surface area contributed by atoms with E-state index in [9.17, 15) is 0 Å². The van der Waals surface area contributed by atoms with Gasteiger partial charge in [-0.15, -0.1) is 0 Å². The molecule has 0 bridgehead atoms. The van der Waals surface area contributed by atoms with E-state index in [1.54, 1.807) is 0 Å². The third kappa shape index (κ3) is 3.90. The molecule has 0 saturated carbocycles. The molecule has 2 nitrogen and oxygen atoms in total. The summed E-state index contributed by atoms with van der Waals surface area (Å²) >= 11 is 6.11. The Morgan fingerprint density at radius 1 is 1.41 bits per heavy atom. The van der Waals surface area contributed by atoms with Gasteiger partial charge in [0.15, 0.2) is 0 Å². The van der Waals surface area contributed by atoms with Gasteiger partial charge >= 0.3 is 0 Å². The number of nitrogens with one attached hydrogen (secondary N) is 1. The Morgan fingerprint density at radius 2 is 2.29 bits per heavy atom. The molecule has 0 spiro atoms. The summed E-state index contributed by atoms with van der Waals surface area (Å²) in [6.45, 7) is 3.91. The van der Waals surface area contributed by atoms with E-state index in [1.165, 1.54) is 19.3 Å². The van der Waals surface area contributed by atoms with Gasteiger partial charge in [0.2, 0.25) is 0 Å². The van der Waals surface area contributed by atoms with Gasteiger partial charge in [0.1, 0.15) is 5.75 Å². The van der Waals surface area contributed by atoms with E-state index in [4.69, 9.17) is 16.3 Å². The largest absolute Gasteiger partial charge is 0.492 e. The minimum atomic E-state index is 0.618. The summed E-state index contributed by atoms with van der Waals surface area (Å²) in [5.41, 5.74) is 1.16. The topological polar surface area (TPSA) is 21.3 Å². The second kappa shape index (κ2) is 6.27. The molecule has 0 radical (unpaired) electrons. The fraction of sp³-hybridized carbons (Fsp3) is 0.571. The number of ether oxygens (including phenoxy) is 1. The molecular weight excluding hydrogens is 234 g/mol. The molecule has 0 unspecified atom stereocenters. The SMILES string of the molecule is Cc1ccc(OCC[C@@H]2CCCCN2)c(Cl)c1. The van der Waals surface area contributed by atoms with Gasteiger partial charge in [0.25, 0.3) is 0 Å². The van der Waals surface area contributed by atoms with Crippen LogP contribution in [0.4, 0.5) is 0 Å². The van der Waals surface area contributed by atoms with Crippen LogP contribution in [-0.2, 0) is 0 Å². The highest BCUT2D eigenvalue weighted by Gasteiger charge is 2.12. The first-order valence-corrected chi connectivity index (χ1v) is 6.76. The zero-order chi connectivity index (χ0) is 12.1. The smallest absolute Gasteiger partial charge is 0.137 e. The minimum Gasteiger partial charge on any atom is -0.492 e. The van der Waals surface area contributed by atoms with Crippen LogP contribution < -0.4 is 10.1 Å². The van der Waals surface area contributed by atoms with E-state index in [-0.39, 0.29) is 0 Å². The number of hydrogen-bond donors (Lipinski definition) is 1. The molecule has 2 rings (SSSR count). The van der Waals surface area contributed by atoms with Crippen molar-refractivity contribution in [2.24, 2.45) is 0 Å². The molecule has 1 atom stereocenters. The van der Waals surface area contributed by atoms with Gasteiger partial charge in [0, 0.05) is 6.04 Å². The van der Waals surface area contributed by atoms with Crippen molar-refractivity contribution in [1.29, 1.82) is 0 Å². The molecule has 1 N–H and O–H groups in total. The van der Waals surface area contributed by atoms with Crippen molar-refractivity contribution >= 4 is 11.6 Å². The zero-order valence-corrected chi connectivity index (χ0v) is 11.1. The van der Waals surface area contributed by atoms with Gasteiger partial charge in [-0.2, -0.15) is 0 Å². The molecule has 3 heteroatoms. The Bertz CT molecular complexity index is 361. The van der Waals surface area contributed by atoms with Crippen molar-refractivity contribution in [2.75, 3.05) is 13.2 Å². The third-order valence-electron chi connectivity index (χ3n) is 3.22. The molecule has 94 valence electrons. The van der Waals surface area contributed by atoms with Crippen LogP contribution in [0.15, 0.2) is 18.2 Å². The standard InChI is InChI=1S/C14H20ClNO/c1-11-5-6-14(13(15)10-11)17-9-7-12-4-2-3-8-16-12/h5-6,10,12,16H,2-4,7-9H2,1H3/t12-/m0/s1. The lowest BCUT2D eigenvalue weighted by molar-refractivity contribution is 0.268. The molecule has 1 fully saturated rings.